The molecule has 2 aromatic rings. The molecule has 1 aliphatic heterocycles. The first-order valence-electron chi connectivity index (χ1n) is 7.58. The summed E-state index contributed by atoms with van der Waals surface area (Å²) in [6, 6.07) is 11.8. The lowest BCUT2D eigenvalue weighted by Gasteiger charge is -2.32. The van der Waals surface area contributed by atoms with Crippen LogP contribution in [-0.2, 0) is 0 Å². The minimum atomic E-state index is 0.584. The molecule has 1 aromatic carbocycles. The van der Waals surface area contributed by atoms with Gasteiger partial charge in [0.15, 0.2) is 0 Å². The molecule has 2 heterocycles. The fraction of sp³-hybridized carbons (Fsp3) is 0.471. The maximum atomic E-state index is 4.59. The smallest absolute Gasteiger partial charge is 0.0703 e. The van der Waals surface area contributed by atoms with Crippen LogP contribution in [0.25, 0.3) is 10.9 Å². The van der Waals surface area contributed by atoms with Gasteiger partial charge in [0, 0.05) is 30.6 Å². The Balaban J connectivity index is 1.84. The van der Waals surface area contributed by atoms with Crippen molar-refractivity contribution < 1.29 is 0 Å². The predicted molar refractivity (Wildman–Crippen MR) is 85.2 cm³/mol. The Labute approximate surface area is 121 Å². The Morgan fingerprint density at radius 1 is 1.10 bits per heavy atom. The Hall–Kier alpha value is -1.61. The van der Waals surface area contributed by atoms with Crippen LogP contribution in [0, 0.1) is 0 Å². The molecule has 0 bridgehead atoms. The molecule has 0 amide bonds. The number of benzene rings is 1. The van der Waals surface area contributed by atoms with Crippen molar-refractivity contribution in [2.45, 2.75) is 38.8 Å². The summed E-state index contributed by atoms with van der Waals surface area (Å²) in [4.78, 5) is 7.07. The zero-order valence-electron chi connectivity index (χ0n) is 12.3. The van der Waals surface area contributed by atoms with Crippen LogP contribution in [0.4, 0.5) is 5.69 Å². The van der Waals surface area contributed by atoms with Gasteiger partial charge in [-0.3, -0.25) is 4.98 Å². The molecule has 0 spiro atoms. The number of aromatic nitrogens is 1. The van der Waals surface area contributed by atoms with E-state index in [0.717, 1.165) is 18.6 Å². The average molecular weight is 269 g/mol. The first kappa shape index (κ1) is 13.4. The summed E-state index contributed by atoms with van der Waals surface area (Å²) >= 11 is 0. The zero-order valence-corrected chi connectivity index (χ0v) is 12.3. The molecule has 3 nitrogen and oxygen atoms in total. The van der Waals surface area contributed by atoms with Crippen molar-refractivity contribution in [1.29, 1.82) is 0 Å². The molecule has 1 aliphatic rings. The molecule has 1 aromatic heterocycles. The molecule has 0 saturated carbocycles. The highest BCUT2D eigenvalue weighted by Gasteiger charge is 2.16. The van der Waals surface area contributed by atoms with Gasteiger partial charge in [-0.05, 0) is 38.8 Å². The van der Waals surface area contributed by atoms with E-state index in [4.69, 9.17) is 0 Å². The summed E-state index contributed by atoms with van der Waals surface area (Å²) in [5.41, 5.74) is 2.33. The molecule has 106 valence electrons. The second kappa shape index (κ2) is 5.80. The molecule has 3 rings (SSSR count). The van der Waals surface area contributed by atoms with E-state index in [0.29, 0.717) is 12.1 Å². The van der Waals surface area contributed by atoms with Gasteiger partial charge in [-0.1, -0.05) is 18.2 Å². The van der Waals surface area contributed by atoms with E-state index in [1.165, 1.54) is 23.9 Å². The normalized spacial score (nSPS) is 24.4. The molecule has 1 fully saturated rings. The van der Waals surface area contributed by atoms with E-state index in [1.54, 1.807) is 0 Å². The van der Waals surface area contributed by atoms with Crippen molar-refractivity contribution in [1.82, 2.24) is 10.3 Å². The van der Waals surface area contributed by atoms with E-state index >= 15 is 0 Å². The lowest BCUT2D eigenvalue weighted by Crippen LogP contribution is -2.43. The summed E-state index contributed by atoms with van der Waals surface area (Å²) in [6.07, 6.45) is 4.38. The SMILES string of the molecule is CC1CCN(c2cnc3ccccc3c2)CCC(C)N1. The zero-order chi connectivity index (χ0) is 13.9. The van der Waals surface area contributed by atoms with Crippen molar-refractivity contribution in [2.24, 2.45) is 0 Å². The van der Waals surface area contributed by atoms with Gasteiger partial charge in [0.1, 0.15) is 0 Å². The van der Waals surface area contributed by atoms with Crippen molar-refractivity contribution in [3.8, 4) is 0 Å². The van der Waals surface area contributed by atoms with Gasteiger partial charge in [-0.15, -0.1) is 0 Å². The predicted octanol–water partition coefficient (Wildman–Crippen LogP) is 3.20. The van der Waals surface area contributed by atoms with Crippen LogP contribution in [0.2, 0.25) is 0 Å². The highest BCUT2D eigenvalue weighted by molar-refractivity contribution is 5.81. The Kier molecular flexibility index (Phi) is 3.88. The second-order valence-corrected chi connectivity index (χ2v) is 5.92. The Morgan fingerprint density at radius 3 is 2.55 bits per heavy atom. The van der Waals surface area contributed by atoms with E-state index in [2.05, 4.69) is 53.3 Å². The quantitative estimate of drug-likeness (QED) is 0.861. The third kappa shape index (κ3) is 2.93. The number of nitrogens with one attached hydrogen (secondary N) is 1. The van der Waals surface area contributed by atoms with Crippen LogP contribution in [0.1, 0.15) is 26.7 Å². The molecule has 3 heteroatoms. The van der Waals surface area contributed by atoms with Crippen molar-refractivity contribution >= 4 is 16.6 Å². The number of hydrogen-bond acceptors (Lipinski definition) is 3. The highest BCUT2D eigenvalue weighted by atomic mass is 15.1. The number of hydrogen-bond donors (Lipinski definition) is 1. The lowest BCUT2D eigenvalue weighted by atomic mass is 10.1. The van der Waals surface area contributed by atoms with Gasteiger partial charge in [0.2, 0.25) is 0 Å². The number of nitrogens with zero attached hydrogens (tertiary/aromatic N) is 2. The summed E-state index contributed by atoms with van der Waals surface area (Å²) in [5, 5.41) is 4.87. The number of anilines is 1. The van der Waals surface area contributed by atoms with Crippen molar-refractivity contribution in [3.05, 3.63) is 36.5 Å². The monoisotopic (exact) mass is 269 g/mol. The number of fused-ring (bicyclic) bond motifs is 1. The molecule has 20 heavy (non-hydrogen) atoms. The number of pyridine rings is 1. The van der Waals surface area contributed by atoms with Crippen LogP contribution in [-0.4, -0.2) is 30.2 Å². The molecule has 1 N–H and O–H groups in total. The third-order valence-electron chi connectivity index (χ3n) is 4.17. The maximum Gasteiger partial charge on any atom is 0.0703 e. The molecule has 0 radical (unpaired) electrons. The molecular formula is C17H23N3. The first-order valence-corrected chi connectivity index (χ1v) is 7.58. The average Bonchev–Trinajstić information content (AvgIpc) is 2.45. The number of para-hydroxylation sites is 1. The third-order valence-corrected chi connectivity index (χ3v) is 4.17. The topological polar surface area (TPSA) is 28.2 Å². The van der Waals surface area contributed by atoms with E-state index in [9.17, 15) is 0 Å². The molecule has 0 aliphatic carbocycles. The first-order chi connectivity index (χ1) is 9.72. The van der Waals surface area contributed by atoms with Crippen molar-refractivity contribution in [3.63, 3.8) is 0 Å². The molecule has 1 saturated heterocycles. The van der Waals surface area contributed by atoms with Crippen LogP contribution in [0.5, 0.6) is 0 Å². The van der Waals surface area contributed by atoms with Crippen molar-refractivity contribution in [2.75, 3.05) is 18.0 Å². The Bertz CT molecular complexity index is 569. The molecular weight excluding hydrogens is 246 g/mol. The van der Waals surface area contributed by atoms with Crippen LogP contribution >= 0.6 is 0 Å². The minimum absolute atomic E-state index is 0.584. The second-order valence-electron chi connectivity index (χ2n) is 5.92. The van der Waals surface area contributed by atoms with Gasteiger partial charge < -0.3 is 10.2 Å². The van der Waals surface area contributed by atoms with Crippen LogP contribution < -0.4 is 10.2 Å². The molecule has 2 atom stereocenters. The largest absolute Gasteiger partial charge is 0.370 e. The van der Waals surface area contributed by atoms with Gasteiger partial charge in [0.25, 0.3) is 0 Å². The lowest BCUT2D eigenvalue weighted by molar-refractivity contribution is 0.404. The van der Waals surface area contributed by atoms with E-state index in [-0.39, 0.29) is 0 Å². The van der Waals surface area contributed by atoms with Gasteiger partial charge in [-0.2, -0.15) is 0 Å². The van der Waals surface area contributed by atoms with Crippen LogP contribution in [0.3, 0.4) is 0 Å². The summed E-state index contributed by atoms with van der Waals surface area (Å²) < 4.78 is 0. The summed E-state index contributed by atoms with van der Waals surface area (Å²) in [5.74, 6) is 0. The Morgan fingerprint density at radius 2 is 1.80 bits per heavy atom. The van der Waals surface area contributed by atoms with Crippen LogP contribution in [0.15, 0.2) is 36.5 Å². The minimum Gasteiger partial charge on any atom is -0.370 e. The van der Waals surface area contributed by atoms with Gasteiger partial charge >= 0.3 is 0 Å². The fourth-order valence-electron chi connectivity index (χ4n) is 2.95. The number of rotatable bonds is 1. The van der Waals surface area contributed by atoms with Gasteiger partial charge in [-0.25, -0.2) is 0 Å². The summed E-state index contributed by atoms with van der Waals surface area (Å²) in [6.45, 7) is 6.75. The standard InChI is InChI=1S/C17H23N3/c1-13-7-9-20(10-8-14(2)19-13)16-11-15-5-3-4-6-17(15)18-12-16/h3-6,11-14,19H,7-10H2,1-2H3. The molecule has 2 unspecified atom stereocenters. The maximum absolute atomic E-state index is 4.59. The van der Waals surface area contributed by atoms with Gasteiger partial charge in [0.05, 0.1) is 17.4 Å². The fourth-order valence-corrected chi connectivity index (χ4v) is 2.95. The van der Waals surface area contributed by atoms with E-state index < -0.39 is 0 Å². The summed E-state index contributed by atoms with van der Waals surface area (Å²) in [7, 11) is 0. The highest BCUT2D eigenvalue weighted by Crippen LogP contribution is 2.21. The van der Waals surface area contributed by atoms with E-state index in [1.807, 2.05) is 12.3 Å².